The van der Waals surface area contributed by atoms with Gasteiger partial charge in [-0.25, -0.2) is 47.7 Å². The van der Waals surface area contributed by atoms with E-state index in [1.807, 2.05) is 79.0 Å². The van der Waals surface area contributed by atoms with Crippen LogP contribution in [-0.2, 0) is 51.7 Å². The summed E-state index contributed by atoms with van der Waals surface area (Å²) in [5, 5.41) is 28.8. The Kier molecular flexibility index (Phi) is 21.5. The van der Waals surface area contributed by atoms with Gasteiger partial charge in [0.2, 0.25) is 0 Å². The number of halogens is 3. The number of amides is 1. The van der Waals surface area contributed by atoms with Crippen molar-refractivity contribution in [3.05, 3.63) is 181 Å². The molecule has 15 rings (SSSR count). The first-order valence-electron chi connectivity index (χ1n) is 31.6. The second-order valence-corrected chi connectivity index (χ2v) is 24.8. The van der Waals surface area contributed by atoms with Crippen LogP contribution in [0.3, 0.4) is 0 Å². The van der Waals surface area contributed by atoms with Crippen LogP contribution in [0.4, 0.5) is 41.9 Å². The molecule has 1 amide bonds. The SMILES string of the molecule is CN(C)c1cc(F)c(C(=O)Nc2cccc(-c3nnc4n3CCCC4)n2)cc1-n1cnc(C2CC2)c1.CN(C)c1cc(F)c(C(=O)O)cc1-n1cnc(C2CC2)c1.COC(=O)c1cc(-n2cnc(C3CC3)c2)c(N(C)C)cc1F.Nc1cccc(-c2nnc3n2CCCC3)n1.[CH3-].[W]. The molecule has 3 aliphatic carbocycles. The van der Waals surface area contributed by atoms with E-state index >= 15 is 4.39 Å². The number of carbonyl (C=O) groups excluding carboxylic acids is 2. The molecule has 0 spiro atoms. The molecule has 0 unspecified atom stereocenters. The Balaban J connectivity index is 0.000000146. The Labute approximate surface area is 574 Å². The van der Waals surface area contributed by atoms with Gasteiger partial charge in [-0.15, -0.1) is 20.4 Å². The van der Waals surface area contributed by atoms with Crippen molar-refractivity contribution in [2.24, 2.45) is 0 Å². The zero-order valence-electron chi connectivity index (χ0n) is 55.3. The molecule has 3 saturated carbocycles. The third-order valence-corrected chi connectivity index (χ3v) is 17.1. The normalized spacial score (nSPS) is 14.2. The predicted octanol–water partition coefficient (Wildman–Crippen LogP) is 11.3. The number of methoxy groups -OCH3 is 1. The number of aromatic carboxylic acids is 1. The third kappa shape index (κ3) is 15.8. The molecular formula is C69H77F3N19O5W-. The monoisotopic (exact) mass is 1490 g/mol. The molecule has 28 heteroatoms. The minimum atomic E-state index is -1.28. The number of nitrogen functional groups attached to an aromatic ring is 1. The molecule has 10 aromatic rings. The average Bonchev–Trinajstić information content (AvgIpc) is 1.75. The van der Waals surface area contributed by atoms with Crippen LogP contribution >= 0.6 is 0 Å². The minimum Gasteiger partial charge on any atom is -0.478 e. The zero-order valence-corrected chi connectivity index (χ0v) is 58.3. The number of rotatable bonds is 15. The second kappa shape index (κ2) is 29.9. The number of carboxylic acid groups (broad SMARTS) is 1. The summed E-state index contributed by atoms with van der Waals surface area (Å²) in [5.74, 6) is 1.42. The number of hydrogen-bond donors (Lipinski definition) is 3. The second-order valence-electron chi connectivity index (χ2n) is 24.8. The van der Waals surface area contributed by atoms with Crippen LogP contribution in [0.25, 0.3) is 40.1 Å². The molecular weight excluding hydrogens is 1420 g/mol. The number of fused-ring (bicyclic) bond motifs is 2. The van der Waals surface area contributed by atoms with Crippen LogP contribution in [-0.4, -0.2) is 140 Å². The summed E-state index contributed by atoms with van der Waals surface area (Å²) in [5.41, 5.74) is 13.6. The van der Waals surface area contributed by atoms with Gasteiger partial charge in [-0.2, -0.15) is 0 Å². The standard InChI is InChI=1S/C26H27FN8O.C16H18FN3O2.C15H16FN3O2.C11H13N5.CH3.W/c1-33(2)21-13-18(27)17(12-22(21)34-14-20(28-15-34)16-9-10-16)26(36)30-23-7-5-6-19(29-23)25-32-31-24-8-3-4-11-35(24)25;1-19(2)14-7-12(17)11(16(21)22-3)6-15(14)20-8-13(18-9-20)10-4-5-10;1-18(2)13-6-11(16)10(15(20)21)5-14(13)19-7-12(17-8-19)9-3-4-9;12-9-5-3-4-8(13-9)11-15-14-10-6-1-2-7-16(10)11;;/h5-7,12-16H,3-4,8-11H2,1-2H3,(H,29,30,36);6-10H,4-5H2,1-3H3;5-9H,3-4H2,1-2H3,(H,20,21);3-5H,1-2,6-7H2,(H2,12,13);1H3;/q;;;;-1;. The number of aryl methyl sites for hydroxylation is 2. The minimum absolute atomic E-state index is 0. The summed E-state index contributed by atoms with van der Waals surface area (Å²) in [6, 6.07) is 19.3. The molecule has 3 aromatic carbocycles. The van der Waals surface area contributed by atoms with E-state index in [0.717, 1.165) is 118 Å². The van der Waals surface area contributed by atoms with E-state index in [2.05, 4.69) is 64.5 Å². The van der Waals surface area contributed by atoms with E-state index in [-0.39, 0.29) is 45.2 Å². The van der Waals surface area contributed by atoms with Crippen LogP contribution in [0.15, 0.2) is 110 Å². The van der Waals surface area contributed by atoms with Crippen molar-refractivity contribution in [3.63, 3.8) is 0 Å². The number of anilines is 5. The maximum atomic E-state index is 15.1. The molecule has 4 N–H and O–H groups in total. The van der Waals surface area contributed by atoms with E-state index in [1.165, 1.54) is 50.3 Å². The van der Waals surface area contributed by atoms with Crippen molar-refractivity contribution >= 4 is 46.5 Å². The molecule has 0 saturated heterocycles. The fourth-order valence-corrected chi connectivity index (χ4v) is 11.5. The number of hydrogen-bond acceptors (Lipinski definition) is 17. The molecule has 0 radical (unpaired) electrons. The fraction of sp³-hybridized carbons (Fsp3) is 0.348. The number of nitrogens with one attached hydrogen (secondary N) is 1. The molecule has 506 valence electrons. The number of ether oxygens (including phenoxy) is 1. The van der Waals surface area contributed by atoms with Crippen molar-refractivity contribution in [1.29, 1.82) is 0 Å². The summed E-state index contributed by atoms with van der Waals surface area (Å²) >= 11 is 0. The Bertz CT molecular complexity index is 4490. The molecule has 5 aliphatic rings. The van der Waals surface area contributed by atoms with Gasteiger partial charge in [0.25, 0.3) is 5.91 Å². The van der Waals surface area contributed by atoms with Gasteiger partial charge in [-0.1, -0.05) is 12.1 Å². The van der Waals surface area contributed by atoms with Gasteiger partial charge in [-0.05, 0) is 107 Å². The molecule has 3 fully saturated rings. The Morgan fingerprint density at radius 1 is 0.557 bits per heavy atom. The van der Waals surface area contributed by atoms with Crippen LogP contribution in [0.1, 0.15) is 142 Å². The molecule has 2 aliphatic heterocycles. The van der Waals surface area contributed by atoms with Gasteiger partial charge in [-0.3, -0.25) is 4.79 Å². The van der Waals surface area contributed by atoms with Gasteiger partial charge >= 0.3 is 11.9 Å². The third-order valence-electron chi connectivity index (χ3n) is 17.1. The summed E-state index contributed by atoms with van der Waals surface area (Å²) < 4.78 is 57.4. The number of carbonyl (C=O) groups is 3. The largest absolute Gasteiger partial charge is 0.478 e. The average molecular weight is 1490 g/mol. The molecule has 0 atom stereocenters. The Morgan fingerprint density at radius 3 is 1.37 bits per heavy atom. The van der Waals surface area contributed by atoms with Crippen molar-refractivity contribution in [2.45, 2.75) is 108 Å². The van der Waals surface area contributed by atoms with Crippen LogP contribution in [0, 0.1) is 24.9 Å². The Hall–Kier alpha value is -10.0. The first kappa shape index (κ1) is 69.8. The first-order chi connectivity index (χ1) is 45.8. The number of aromatic nitrogens is 14. The van der Waals surface area contributed by atoms with E-state index < -0.39 is 35.3 Å². The fourth-order valence-electron chi connectivity index (χ4n) is 11.5. The van der Waals surface area contributed by atoms with Gasteiger partial charge in [0.05, 0.1) is 94.0 Å². The number of pyridine rings is 2. The summed E-state index contributed by atoms with van der Waals surface area (Å²) in [6.45, 7) is 1.83. The number of nitrogens with two attached hydrogens (primary N) is 1. The topological polar surface area (TPSA) is 269 Å². The van der Waals surface area contributed by atoms with Gasteiger partial charge in [0.1, 0.15) is 52.1 Å². The smallest absolute Gasteiger partial charge is 0.340 e. The summed E-state index contributed by atoms with van der Waals surface area (Å²) in [4.78, 5) is 63.5. The predicted molar refractivity (Wildman–Crippen MR) is 359 cm³/mol. The van der Waals surface area contributed by atoms with Crippen LogP contribution in [0.2, 0.25) is 0 Å². The number of nitrogens with zero attached hydrogens (tertiary/aromatic N) is 17. The molecule has 0 bridgehead atoms. The summed E-state index contributed by atoms with van der Waals surface area (Å²) in [7, 11) is 12.2. The molecule has 9 heterocycles. The molecule has 97 heavy (non-hydrogen) atoms. The zero-order chi connectivity index (χ0) is 66.8. The molecule has 24 nitrogen and oxygen atoms in total. The summed E-state index contributed by atoms with van der Waals surface area (Å²) in [6.07, 6.45) is 24.2. The maximum absolute atomic E-state index is 15.1. The number of esters is 1. The van der Waals surface area contributed by atoms with Crippen molar-refractivity contribution in [3.8, 4) is 40.1 Å². The van der Waals surface area contributed by atoms with Gasteiger partial charge in [0.15, 0.2) is 11.6 Å². The van der Waals surface area contributed by atoms with E-state index in [1.54, 1.807) is 71.7 Å². The Morgan fingerprint density at radius 2 is 0.959 bits per heavy atom. The van der Waals surface area contributed by atoms with E-state index in [4.69, 9.17) is 10.8 Å². The number of benzene rings is 3. The van der Waals surface area contributed by atoms with E-state index in [9.17, 15) is 23.2 Å². The first-order valence-corrected chi connectivity index (χ1v) is 31.6. The molecule has 7 aromatic heterocycles. The van der Waals surface area contributed by atoms with Crippen molar-refractivity contribution < 1.29 is 58.5 Å². The van der Waals surface area contributed by atoms with E-state index in [0.29, 0.717) is 75.0 Å². The van der Waals surface area contributed by atoms with Crippen LogP contribution in [0.5, 0.6) is 0 Å². The van der Waals surface area contributed by atoms with Crippen LogP contribution < -0.4 is 25.8 Å². The number of carboxylic acids is 1. The van der Waals surface area contributed by atoms with Crippen molar-refractivity contribution in [1.82, 2.24) is 68.2 Å². The van der Waals surface area contributed by atoms with Crippen molar-refractivity contribution in [2.75, 3.05) is 75.1 Å². The van der Waals surface area contributed by atoms with Gasteiger partial charge in [0, 0.05) is 144 Å². The van der Waals surface area contributed by atoms with Gasteiger partial charge < -0.3 is 65.9 Å². The maximum Gasteiger partial charge on any atom is 0.340 e. The quantitative estimate of drug-likeness (QED) is 0.0636. The number of imidazole rings is 3.